The average molecular weight is 491 g/mol. The van der Waals surface area contributed by atoms with Gasteiger partial charge in [-0.3, -0.25) is 14.5 Å². The maximum absolute atomic E-state index is 13.2. The number of fused-ring (bicyclic) bond motifs is 1. The van der Waals surface area contributed by atoms with Gasteiger partial charge in [0.15, 0.2) is 0 Å². The van der Waals surface area contributed by atoms with E-state index >= 15 is 0 Å². The predicted molar refractivity (Wildman–Crippen MR) is 126 cm³/mol. The van der Waals surface area contributed by atoms with Crippen LogP contribution in [0.3, 0.4) is 0 Å². The van der Waals surface area contributed by atoms with Crippen molar-refractivity contribution >= 4 is 35.3 Å². The van der Waals surface area contributed by atoms with Crippen molar-refractivity contribution in [3.05, 3.63) is 64.6 Å². The van der Waals surface area contributed by atoms with Crippen molar-refractivity contribution in [2.24, 2.45) is 0 Å². The molecule has 2 aliphatic heterocycles. The van der Waals surface area contributed by atoms with Crippen LogP contribution in [-0.4, -0.2) is 44.5 Å². The zero-order chi connectivity index (χ0) is 24.1. The van der Waals surface area contributed by atoms with Crippen molar-refractivity contribution in [3.63, 3.8) is 0 Å². The lowest BCUT2D eigenvalue weighted by atomic mass is 10.1. The Balaban J connectivity index is 1.44. The molecule has 0 radical (unpaired) electrons. The first-order valence-electron chi connectivity index (χ1n) is 11.4. The van der Waals surface area contributed by atoms with Crippen molar-refractivity contribution in [2.75, 3.05) is 37.6 Å². The number of amides is 2. The molecule has 0 bridgehead atoms. The summed E-state index contributed by atoms with van der Waals surface area (Å²) in [5, 5.41) is 2.91. The lowest BCUT2D eigenvalue weighted by Gasteiger charge is -2.29. The number of carbonyl (C=O) groups is 2. The largest absolute Gasteiger partial charge is 0.416 e. The number of anilines is 1. The van der Waals surface area contributed by atoms with E-state index in [2.05, 4.69) is 5.32 Å². The first kappa shape index (κ1) is 24.3. The molecule has 2 amide bonds. The van der Waals surface area contributed by atoms with Gasteiger partial charge in [0.25, 0.3) is 5.91 Å². The molecule has 0 aliphatic carbocycles. The number of para-hydroxylation sites is 1. The molecule has 0 saturated carbocycles. The first-order valence-corrected chi connectivity index (χ1v) is 12.2. The predicted octanol–water partition coefficient (Wildman–Crippen LogP) is 3.37. The van der Waals surface area contributed by atoms with E-state index in [1.807, 2.05) is 12.1 Å². The topological polar surface area (TPSA) is 53.9 Å². The number of thioether (sulfide) groups is 1. The standard InChI is InChI=1S/C25H26F3N3O2S/c26-25(27,28)19-10-8-18(9-11-19)16-22-24(33)31(20-6-1-2-7-21(20)34-22)17-23(32)29-12-5-15-30-13-3-4-14-30/h1-2,6-11,16H,3-5,12-15,17H2,(H,29,32)/p+1. The SMILES string of the molecule is O=C(CN1C(=O)C(=Cc2ccc(C(F)(F)F)cc2)Sc2ccccc21)NCCC[NH+]1CCCC1. The lowest BCUT2D eigenvalue weighted by Crippen LogP contribution is -3.10. The van der Waals surface area contributed by atoms with Gasteiger partial charge in [-0.1, -0.05) is 36.0 Å². The molecular formula is C25H27F3N3O2S+. The second-order valence-electron chi connectivity index (χ2n) is 8.50. The number of nitrogens with zero attached hydrogens (tertiary/aromatic N) is 1. The minimum atomic E-state index is -4.42. The van der Waals surface area contributed by atoms with Crippen LogP contribution in [0.1, 0.15) is 30.4 Å². The molecule has 9 heteroatoms. The number of likely N-dealkylation sites (tertiary alicyclic amines) is 1. The highest BCUT2D eigenvalue weighted by atomic mass is 32.2. The van der Waals surface area contributed by atoms with Crippen molar-refractivity contribution in [3.8, 4) is 0 Å². The number of halogens is 3. The second-order valence-corrected chi connectivity index (χ2v) is 9.58. The van der Waals surface area contributed by atoms with E-state index in [4.69, 9.17) is 0 Å². The smallest absolute Gasteiger partial charge is 0.354 e. The molecule has 180 valence electrons. The summed E-state index contributed by atoms with van der Waals surface area (Å²) < 4.78 is 38.5. The number of quaternary nitrogens is 1. The summed E-state index contributed by atoms with van der Waals surface area (Å²) in [4.78, 5) is 30.0. The second kappa shape index (κ2) is 10.7. The fourth-order valence-electron chi connectivity index (χ4n) is 4.23. The number of carbonyl (C=O) groups excluding carboxylic acids is 2. The summed E-state index contributed by atoms with van der Waals surface area (Å²) >= 11 is 1.25. The molecule has 2 aromatic carbocycles. The number of benzene rings is 2. The Morgan fingerprint density at radius 2 is 1.79 bits per heavy atom. The van der Waals surface area contributed by atoms with E-state index in [1.54, 1.807) is 23.1 Å². The third kappa shape index (κ3) is 6.01. The maximum Gasteiger partial charge on any atom is 0.416 e. The number of rotatable bonds is 7. The van der Waals surface area contributed by atoms with E-state index in [0.717, 1.165) is 30.0 Å². The van der Waals surface area contributed by atoms with Crippen molar-refractivity contribution in [2.45, 2.75) is 30.3 Å². The van der Waals surface area contributed by atoms with Crippen LogP contribution in [0.4, 0.5) is 18.9 Å². The quantitative estimate of drug-likeness (QED) is 0.462. The van der Waals surface area contributed by atoms with Gasteiger partial charge in [0, 0.05) is 30.7 Å². The van der Waals surface area contributed by atoms with E-state index in [1.165, 1.54) is 54.7 Å². The molecule has 4 rings (SSSR count). The number of nitrogens with one attached hydrogen (secondary N) is 2. The molecule has 34 heavy (non-hydrogen) atoms. The fourth-order valence-corrected chi connectivity index (χ4v) is 5.29. The molecule has 0 aromatic heterocycles. The van der Waals surface area contributed by atoms with Crippen LogP contribution < -0.4 is 15.1 Å². The molecule has 1 fully saturated rings. The molecule has 2 heterocycles. The van der Waals surface area contributed by atoms with E-state index in [0.29, 0.717) is 22.7 Å². The highest BCUT2D eigenvalue weighted by Crippen LogP contribution is 2.42. The summed E-state index contributed by atoms with van der Waals surface area (Å²) in [5.41, 5.74) is 0.392. The zero-order valence-electron chi connectivity index (χ0n) is 18.7. The van der Waals surface area contributed by atoms with Crippen LogP contribution in [0.5, 0.6) is 0 Å². The van der Waals surface area contributed by atoms with Gasteiger partial charge in [0.2, 0.25) is 5.91 Å². The van der Waals surface area contributed by atoms with Crippen LogP contribution in [-0.2, 0) is 15.8 Å². The Morgan fingerprint density at radius 3 is 2.50 bits per heavy atom. The number of hydrogen-bond donors (Lipinski definition) is 2. The van der Waals surface area contributed by atoms with Gasteiger partial charge in [0.05, 0.1) is 35.8 Å². The van der Waals surface area contributed by atoms with Crippen molar-refractivity contribution in [1.82, 2.24) is 5.32 Å². The Labute approximate surface area is 201 Å². The highest BCUT2D eigenvalue weighted by Gasteiger charge is 2.31. The van der Waals surface area contributed by atoms with E-state index in [-0.39, 0.29) is 18.4 Å². The molecular weight excluding hydrogens is 463 g/mol. The van der Waals surface area contributed by atoms with Gasteiger partial charge in [-0.2, -0.15) is 13.2 Å². The third-order valence-electron chi connectivity index (χ3n) is 6.01. The summed E-state index contributed by atoms with van der Waals surface area (Å²) in [7, 11) is 0. The van der Waals surface area contributed by atoms with Crippen LogP contribution in [0, 0.1) is 0 Å². The van der Waals surface area contributed by atoms with Gasteiger partial charge < -0.3 is 10.2 Å². The Bertz CT molecular complexity index is 1060. The normalized spacial score (nSPS) is 17.8. The molecule has 0 atom stereocenters. The summed E-state index contributed by atoms with van der Waals surface area (Å²) in [6, 6.07) is 12.0. The average Bonchev–Trinajstić information content (AvgIpc) is 3.33. The van der Waals surface area contributed by atoms with E-state index in [9.17, 15) is 22.8 Å². The molecule has 2 aromatic rings. The van der Waals surface area contributed by atoms with Gasteiger partial charge in [0.1, 0.15) is 6.54 Å². The summed E-state index contributed by atoms with van der Waals surface area (Å²) in [6.07, 6.45) is 0.560. The summed E-state index contributed by atoms with van der Waals surface area (Å²) in [5.74, 6) is -0.583. The van der Waals surface area contributed by atoms with Crippen molar-refractivity contribution in [1.29, 1.82) is 0 Å². The van der Waals surface area contributed by atoms with Crippen LogP contribution in [0.2, 0.25) is 0 Å². The Hall–Kier alpha value is -2.78. The van der Waals surface area contributed by atoms with Gasteiger partial charge in [-0.05, 0) is 35.9 Å². The van der Waals surface area contributed by atoms with E-state index < -0.39 is 11.7 Å². The summed E-state index contributed by atoms with van der Waals surface area (Å²) in [6.45, 7) is 3.87. The van der Waals surface area contributed by atoms with Crippen LogP contribution in [0.15, 0.2) is 58.3 Å². The van der Waals surface area contributed by atoms with Gasteiger partial charge in [-0.15, -0.1) is 0 Å². The first-order chi connectivity index (χ1) is 16.3. The molecule has 0 unspecified atom stereocenters. The maximum atomic E-state index is 13.2. The lowest BCUT2D eigenvalue weighted by molar-refractivity contribution is -0.887. The molecule has 2 N–H and O–H groups in total. The zero-order valence-corrected chi connectivity index (χ0v) is 19.5. The minimum Gasteiger partial charge on any atom is -0.354 e. The van der Waals surface area contributed by atoms with Gasteiger partial charge in [-0.25, -0.2) is 0 Å². The fraction of sp³-hybridized carbons (Fsp3) is 0.360. The number of alkyl halides is 3. The van der Waals surface area contributed by atoms with Crippen molar-refractivity contribution < 1.29 is 27.7 Å². The van der Waals surface area contributed by atoms with Crippen LogP contribution in [0.25, 0.3) is 6.08 Å². The molecule has 2 aliphatic rings. The third-order valence-corrected chi connectivity index (χ3v) is 7.09. The van der Waals surface area contributed by atoms with Crippen LogP contribution >= 0.6 is 11.8 Å². The van der Waals surface area contributed by atoms with Gasteiger partial charge >= 0.3 is 6.18 Å². The number of hydrogen-bond acceptors (Lipinski definition) is 3. The molecule has 1 saturated heterocycles. The molecule has 0 spiro atoms. The highest BCUT2D eigenvalue weighted by molar-refractivity contribution is 8.04. The Morgan fingerprint density at radius 1 is 1.09 bits per heavy atom. The molecule has 5 nitrogen and oxygen atoms in total. The monoisotopic (exact) mass is 490 g/mol. The minimum absolute atomic E-state index is 0.114. The Kier molecular flexibility index (Phi) is 7.63.